The summed E-state index contributed by atoms with van der Waals surface area (Å²) >= 11 is 0. The van der Waals surface area contributed by atoms with Crippen molar-refractivity contribution in [3.05, 3.63) is 35.6 Å². The molecule has 1 aromatic rings. The van der Waals surface area contributed by atoms with E-state index in [1.54, 1.807) is 12.1 Å². The number of carbonyl (C=O) groups excluding carboxylic acids is 1. The molecule has 2 aliphatic heterocycles. The molecule has 0 saturated carbocycles. The molecule has 2 atom stereocenters. The summed E-state index contributed by atoms with van der Waals surface area (Å²) in [7, 11) is 1.85. The predicted octanol–water partition coefficient (Wildman–Crippen LogP) is 2.20. The molecule has 3 rings (SSSR count). The van der Waals surface area contributed by atoms with Crippen LogP contribution in [0.15, 0.2) is 24.3 Å². The van der Waals surface area contributed by atoms with Crippen LogP contribution in [-0.4, -0.2) is 78.6 Å². The molecule has 156 valence electrons. The van der Waals surface area contributed by atoms with E-state index in [-0.39, 0.29) is 30.8 Å². The Labute approximate surface area is 168 Å². The highest BCUT2D eigenvalue weighted by Crippen LogP contribution is 2.25. The molecule has 1 N–H and O–H groups in total. The van der Waals surface area contributed by atoms with Crippen LogP contribution >= 0.6 is 0 Å². The summed E-state index contributed by atoms with van der Waals surface area (Å²) in [5.41, 5.74) is 0.603. The fourth-order valence-electron chi connectivity index (χ4n) is 4.51. The number of hydrogen-bond acceptors (Lipinski definition) is 4. The molecule has 0 radical (unpaired) electrons. The molecular formula is C22H34FN3O2. The summed E-state index contributed by atoms with van der Waals surface area (Å²) in [5.74, 6) is 0.324. The van der Waals surface area contributed by atoms with Crippen molar-refractivity contribution in [3.8, 4) is 0 Å². The summed E-state index contributed by atoms with van der Waals surface area (Å²) in [6.45, 7) is 5.39. The molecule has 0 spiro atoms. The third kappa shape index (κ3) is 5.75. The van der Waals surface area contributed by atoms with Crippen molar-refractivity contribution in [1.82, 2.24) is 14.7 Å². The highest BCUT2D eigenvalue weighted by atomic mass is 19.1. The van der Waals surface area contributed by atoms with Gasteiger partial charge in [0.15, 0.2) is 0 Å². The molecule has 0 unspecified atom stereocenters. The molecule has 2 saturated heterocycles. The molecule has 0 aliphatic carbocycles. The van der Waals surface area contributed by atoms with Crippen LogP contribution in [-0.2, 0) is 11.3 Å². The van der Waals surface area contributed by atoms with E-state index < -0.39 is 0 Å². The number of nitrogens with zero attached hydrogens (tertiary/aromatic N) is 3. The predicted molar refractivity (Wildman–Crippen MR) is 108 cm³/mol. The first kappa shape index (κ1) is 21.2. The second kappa shape index (κ2) is 10.3. The number of halogens is 1. The van der Waals surface area contributed by atoms with Gasteiger partial charge >= 0.3 is 0 Å². The summed E-state index contributed by atoms with van der Waals surface area (Å²) in [6, 6.07) is 6.69. The Morgan fingerprint density at radius 2 is 1.82 bits per heavy atom. The van der Waals surface area contributed by atoms with Crippen molar-refractivity contribution in [1.29, 1.82) is 0 Å². The third-order valence-corrected chi connectivity index (χ3v) is 6.16. The molecule has 1 amide bonds. The zero-order valence-electron chi connectivity index (χ0n) is 17.0. The van der Waals surface area contributed by atoms with Crippen molar-refractivity contribution in [2.24, 2.45) is 11.8 Å². The molecule has 28 heavy (non-hydrogen) atoms. The van der Waals surface area contributed by atoms with Crippen LogP contribution in [0.2, 0.25) is 0 Å². The maximum atomic E-state index is 13.8. The average Bonchev–Trinajstić information content (AvgIpc) is 2.90. The first-order valence-electron chi connectivity index (χ1n) is 10.6. The lowest BCUT2D eigenvalue weighted by Crippen LogP contribution is -2.38. The van der Waals surface area contributed by atoms with Crippen molar-refractivity contribution >= 4 is 5.91 Å². The minimum absolute atomic E-state index is 0.0654. The lowest BCUT2D eigenvalue weighted by Gasteiger charge is -2.26. The Balaban J connectivity index is 1.51. The minimum atomic E-state index is -0.235. The van der Waals surface area contributed by atoms with Crippen LogP contribution in [0, 0.1) is 17.7 Å². The maximum Gasteiger partial charge on any atom is 0.236 e. The first-order valence-corrected chi connectivity index (χ1v) is 10.6. The SMILES string of the molecule is CN(CC(=O)N1C[C@@H](CN2CCCCCC2)[C@@H](CO)C1)Cc1ccccc1F. The summed E-state index contributed by atoms with van der Waals surface area (Å²) < 4.78 is 13.8. The smallest absolute Gasteiger partial charge is 0.236 e. The Hall–Kier alpha value is -1.50. The van der Waals surface area contributed by atoms with Gasteiger partial charge in [0.25, 0.3) is 0 Å². The van der Waals surface area contributed by atoms with Gasteiger partial charge in [-0.25, -0.2) is 4.39 Å². The number of hydrogen-bond donors (Lipinski definition) is 1. The van der Waals surface area contributed by atoms with E-state index in [1.807, 2.05) is 22.9 Å². The van der Waals surface area contributed by atoms with Gasteiger partial charge in [-0.2, -0.15) is 0 Å². The molecule has 0 bridgehead atoms. The minimum Gasteiger partial charge on any atom is -0.396 e. The number of likely N-dealkylation sites (N-methyl/N-ethyl adjacent to an activating group) is 1. The Bertz CT molecular complexity index is 634. The van der Waals surface area contributed by atoms with E-state index >= 15 is 0 Å². The van der Waals surface area contributed by atoms with Gasteiger partial charge in [0.05, 0.1) is 6.54 Å². The number of likely N-dealkylation sites (tertiary alicyclic amines) is 2. The lowest BCUT2D eigenvalue weighted by atomic mass is 9.96. The van der Waals surface area contributed by atoms with E-state index in [0.717, 1.165) is 19.6 Å². The van der Waals surface area contributed by atoms with E-state index in [9.17, 15) is 14.3 Å². The van der Waals surface area contributed by atoms with Crippen LogP contribution in [0.4, 0.5) is 4.39 Å². The van der Waals surface area contributed by atoms with Gasteiger partial charge in [-0.15, -0.1) is 0 Å². The van der Waals surface area contributed by atoms with Crippen molar-refractivity contribution < 1.29 is 14.3 Å². The number of amides is 1. The third-order valence-electron chi connectivity index (χ3n) is 6.16. The highest BCUT2D eigenvalue weighted by Gasteiger charge is 2.35. The highest BCUT2D eigenvalue weighted by molar-refractivity contribution is 5.78. The molecular weight excluding hydrogens is 357 g/mol. The summed E-state index contributed by atoms with van der Waals surface area (Å²) in [6.07, 6.45) is 5.12. The quantitative estimate of drug-likeness (QED) is 0.774. The number of benzene rings is 1. The topological polar surface area (TPSA) is 47.0 Å². The molecule has 2 fully saturated rings. The summed E-state index contributed by atoms with van der Waals surface area (Å²) in [4.78, 5) is 19.0. The van der Waals surface area contributed by atoms with Gasteiger partial charge in [-0.1, -0.05) is 31.0 Å². The van der Waals surface area contributed by atoms with Crippen molar-refractivity contribution in [3.63, 3.8) is 0 Å². The zero-order valence-corrected chi connectivity index (χ0v) is 17.0. The zero-order chi connectivity index (χ0) is 19.9. The largest absolute Gasteiger partial charge is 0.396 e. The average molecular weight is 392 g/mol. The van der Waals surface area contributed by atoms with Gasteiger partial charge in [0, 0.05) is 44.3 Å². The van der Waals surface area contributed by atoms with Crippen molar-refractivity contribution in [2.45, 2.75) is 32.2 Å². The van der Waals surface area contributed by atoms with Gasteiger partial charge < -0.3 is 14.9 Å². The van der Waals surface area contributed by atoms with E-state index in [4.69, 9.17) is 0 Å². The fraction of sp³-hybridized carbons (Fsp3) is 0.682. The van der Waals surface area contributed by atoms with Crippen LogP contribution in [0.5, 0.6) is 0 Å². The first-order chi connectivity index (χ1) is 13.6. The van der Waals surface area contributed by atoms with Crippen LogP contribution in [0.3, 0.4) is 0 Å². The van der Waals surface area contributed by atoms with Gasteiger partial charge in [-0.3, -0.25) is 9.69 Å². The molecule has 2 heterocycles. The van der Waals surface area contributed by atoms with Crippen molar-refractivity contribution in [2.75, 3.05) is 52.9 Å². The van der Waals surface area contributed by atoms with Gasteiger partial charge in [0.2, 0.25) is 5.91 Å². The van der Waals surface area contributed by atoms with Crippen LogP contribution in [0.25, 0.3) is 0 Å². The lowest BCUT2D eigenvalue weighted by molar-refractivity contribution is -0.131. The van der Waals surface area contributed by atoms with E-state index in [1.165, 1.54) is 31.7 Å². The monoisotopic (exact) mass is 391 g/mol. The Kier molecular flexibility index (Phi) is 7.82. The van der Waals surface area contributed by atoms with E-state index in [0.29, 0.717) is 31.1 Å². The summed E-state index contributed by atoms with van der Waals surface area (Å²) in [5, 5.41) is 9.82. The van der Waals surface area contributed by atoms with Crippen LogP contribution < -0.4 is 0 Å². The molecule has 1 aromatic carbocycles. The molecule has 5 nitrogen and oxygen atoms in total. The number of carbonyl (C=O) groups is 1. The molecule has 0 aromatic heterocycles. The number of rotatable bonds is 7. The standard InChI is InChI=1S/C22H34FN3O2/c1-24(12-18-8-4-5-9-21(18)23)16-22(28)26-14-19(20(15-26)17-27)13-25-10-6-2-3-7-11-25/h4-5,8-9,19-20,27H,2-3,6-7,10-17H2,1H3/t19-,20-/m1/s1. The number of aliphatic hydroxyl groups is 1. The second-order valence-electron chi connectivity index (χ2n) is 8.48. The number of aliphatic hydroxyl groups excluding tert-OH is 1. The molecule has 2 aliphatic rings. The Morgan fingerprint density at radius 1 is 1.14 bits per heavy atom. The second-order valence-corrected chi connectivity index (χ2v) is 8.48. The maximum absolute atomic E-state index is 13.8. The van der Waals surface area contributed by atoms with Crippen LogP contribution in [0.1, 0.15) is 31.2 Å². The molecule has 6 heteroatoms. The van der Waals surface area contributed by atoms with Gasteiger partial charge in [0.1, 0.15) is 5.82 Å². The Morgan fingerprint density at radius 3 is 2.50 bits per heavy atom. The fourth-order valence-corrected chi connectivity index (χ4v) is 4.51. The normalized spacial score (nSPS) is 23.9. The van der Waals surface area contributed by atoms with E-state index in [2.05, 4.69) is 4.90 Å². The van der Waals surface area contributed by atoms with Gasteiger partial charge in [-0.05, 0) is 45.0 Å².